The van der Waals surface area contributed by atoms with E-state index in [1.807, 2.05) is 13.0 Å². The van der Waals surface area contributed by atoms with Crippen molar-refractivity contribution in [2.45, 2.75) is 6.92 Å². The van der Waals surface area contributed by atoms with Crippen LogP contribution in [0.1, 0.15) is 11.1 Å². The first-order valence-corrected chi connectivity index (χ1v) is 6.65. The molecule has 0 heterocycles. The van der Waals surface area contributed by atoms with Crippen LogP contribution in [-0.2, 0) is 4.79 Å². The van der Waals surface area contributed by atoms with Crippen molar-refractivity contribution in [1.82, 2.24) is 0 Å². The van der Waals surface area contributed by atoms with Crippen LogP contribution in [0.25, 0.3) is 0 Å². The maximum atomic E-state index is 11.8. The number of halogens is 1. The van der Waals surface area contributed by atoms with Gasteiger partial charge < -0.3 is 10.1 Å². The van der Waals surface area contributed by atoms with Gasteiger partial charge in [-0.25, -0.2) is 0 Å². The number of nitriles is 1. The molecule has 0 aliphatic rings. The van der Waals surface area contributed by atoms with E-state index < -0.39 is 0 Å². The predicted molar refractivity (Wildman–Crippen MR) is 81.5 cm³/mol. The lowest BCUT2D eigenvalue weighted by atomic mass is 10.2. The average Bonchev–Trinajstić information content (AvgIpc) is 2.46. The van der Waals surface area contributed by atoms with Crippen LogP contribution in [0.3, 0.4) is 0 Å². The van der Waals surface area contributed by atoms with Gasteiger partial charge in [0.25, 0.3) is 5.91 Å². The van der Waals surface area contributed by atoms with Gasteiger partial charge in [-0.15, -0.1) is 0 Å². The van der Waals surface area contributed by atoms with Crippen molar-refractivity contribution in [2.75, 3.05) is 11.9 Å². The van der Waals surface area contributed by atoms with Crippen molar-refractivity contribution < 1.29 is 9.53 Å². The molecule has 21 heavy (non-hydrogen) atoms. The molecule has 0 spiro atoms. The maximum absolute atomic E-state index is 11.8. The third-order valence-corrected chi connectivity index (χ3v) is 3.01. The molecule has 0 saturated carbocycles. The number of hydrogen-bond acceptors (Lipinski definition) is 3. The predicted octanol–water partition coefficient (Wildman–Crippen LogP) is 3.54. The van der Waals surface area contributed by atoms with E-state index in [4.69, 9.17) is 21.6 Å². The van der Waals surface area contributed by atoms with Crippen molar-refractivity contribution in [3.63, 3.8) is 0 Å². The SMILES string of the molecule is Cc1cc(Cl)ccc1OCC(=O)Nc1cccc(C#N)c1. The average molecular weight is 301 g/mol. The van der Waals surface area contributed by atoms with E-state index in [1.165, 1.54) is 0 Å². The first-order valence-electron chi connectivity index (χ1n) is 6.27. The molecule has 0 aromatic heterocycles. The molecule has 0 aliphatic carbocycles. The lowest BCUT2D eigenvalue weighted by Gasteiger charge is -2.10. The van der Waals surface area contributed by atoms with E-state index in [1.54, 1.807) is 42.5 Å². The fourth-order valence-corrected chi connectivity index (χ4v) is 2.01. The second-order valence-corrected chi connectivity index (χ2v) is 4.88. The summed E-state index contributed by atoms with van der Waals surface area (Å²) in [4.78, 5) is 11.8. The highest BCUT2D eigenvalue weighted by Gasteiger charge is 2.06. The Bertz CT molecular complexity index is 708. The monoisotopic (exact) mass is 300 g/mol. The Balaban J connectivity index is 1.94. The Morgan fingerprint density at radius 2 is 2.14 bits per heavy atom. The van der Waals surface area contributed by atoms with E-state index in [2.05, 4.69) is 5.32 Å². The largest absolute Gasteiger partial charge is 0.483 e. The number of anilines is 1. The van der Waals surface area contributed by atoms with Crippen LogP contribution in [-0.4, -0.2) is 12.5 Å². The van der Waals surface area contributed by atoms with E-state index in [9.17, 15) is 4.79 Å². The van der Waals surface area contributed by atoms with Crippen LogP contribution in [0.2, 0.25) is 5.02 Å². The van der Waals surface area contributed by atoms with Gasteiger partial charge in [0.2, 0.25) is 0 Å². The van der Waals surface area contributed by atoms with Crippen LogP contribution in [0.5, 0.6) is 5.75 Å². The Labute approximate surface area is 127 Å². The second kappa shape index (κ2) is 6.78. The van der Waals surface area contributed by atoms with Crippen molar-refractivity contribution in [3.05, 3.63) is 58.6 Å². The molecular weight excluding hydrogens is 288 g/mol. The molecule has 0 bridgehead atoms. The molecule has 1 amide bonds. The number of hydrogen-bond donors (Lipinski definition) is 1. The quantitative estimate of drug-likeness (QED) is 0.939. The van der Waals surface area contributed by atoms with Gasteiger partial charge in [0.1, 0.15) is 5.75 Å². The van der Waals surface area contributed by atoms with Gasteiger partial charge in [-0.3, -0.25) is 4.79 Å². The number of amides is 1. The summed E-state index contributed by atoms with van der Waals surface area (Å²) in [5.74, 6) is 0.319. The highest BCUT2D eigenvalue weighted by Crippen LogP contribution is 2.21. The summed E-state index contributed by atoms with van der Waals surface area (Å²) < 4.78 is 5.45. The van der Waals surface area contributed by atoms with Gasteiger partial charge in [-0.2, -0.15) is 5.26 Å². The molecule has 1 N–H and O–H groups in total. The summed E-state index contributed by atoms with van der Waals surface area (Å²) in [6, 6.07) is 13.9. The van der Waals surface area contributed by atoms with Crippen molar-refractivity contribution in [1.29, 1.82) is 5.26 Å². The molecule has 0 radical (unpaired) electrons. The fraction of sp³-hybridized carbons (Fsp3) is 0.125. The number of nitrogens with zero attached hydrogens (tertiary/aromatic N) is 1. The molecule has 0 atom stereocenters. The van der Waals surface area contributed by atoms with Crippen molar-refractivity contribution in [2.24, 2.45) is 0 Å². The maximum Gasteiger partial charge on any atom is 0.262 e. The minimum absolute atomic E-state index is 0.112. The van der Waals surface area contributed by atoms with Gasteiger partial charge in [0.15, 0.2) is 6.61 Å². The number of carbonyl (C=O) groups is 1. The number of benzene rings is 2. The summed E-state index contributed by atoms with van der Waals surface area (Å²) in [6.07, 6.45) is 0. The van der Waals surface area contributed by atoms with E-state index in [0.717, 1.165) is 5.56 Å². The Morgan fingerprint density at radius 3 is 2.86 bits per heavy atom. The number of carbonyl (C=O) groups excluding carboxylic acids is 1. The lowest BCUT2D eigenvalue weighted by molar-refractivity contribution is -0.118. The zero-order valence-corrected chi connectivity index (χ0v) is 12.1. The van der Waals surface area contributed by atoms with Gasteiger partial charge in [0.05, 0.1) is 11.6 Å². The minimum atomic E-state index is -0.292. The second-order valence-electron chi connectivity index (χ2n) is 4.44. The minimum Gasteiger partial charge on any atom is -0.483 e. The highest BCUT2D eigenvalue weighted by atomic mass is 35.5. The van der Waals surface area contributed by atoms with Crippen LogP contribution < -0.4 is 10.1 Å². The molecule has 4 nitrogen and oxygen atoms in total. The fourth-order valence-electron chi connectivity index (χ4n) is 1.78. The smallest absolute Gasteiger partial charge is 0.262 e. The van der Waals surface area contributed by atoms with Crippen molar-refractivity contribution in [3.8, 4) is 11.8 Å². The van der Waals surface area contributed by atoms with Crippen LogP contribution in [0, 0.1) is 18.3 Å². The third-order valence-electron chi connectivity index (χ3n) is 2.77. The summed E-state index contributed by atoms with van der Waals surface area (Å²) in [5, 5.41) is 12.1. The molecule has 106 valence electrons. The van der Waals surface area contributed by atoms with Crippen molar-refractivity contribution >= 4 is 23.2 Å². The summed E-state index contributed by atoms with van der Waals surface area (Å²) >= 11 is 5.85. The Hall–Kier alpha value is -2.51. The Kier molecular flexibility index (Phi) is 4.81. The molecule has 5 heteroatoms. The summed E-state index contributed by atoms with van der Waals surface area (Å²) in [5.41, 5.74) is 1.92. The third kappa shape index (κ3) is 4.23. The van der Waals surface area contributed by atoms with E-state index in [-0.39, 0.29) is 12.5 Å². The molecule has 0 aliphatic heterocycles. The van der Waals surface area contributed by atoms with Crippen LogP contribution in [0.15, 0.2) is 42.5 Å². The highest BCUT2D eigenvalue weighted by molar-refractivity contribution is 6.30. The number of rotatable bonds is 4. The number of ether oxygens (including phenoxy) is 1. The van der Waals surface area contributed by atoms with Gasteiger partial charge in [-0.1, -0.05) is 17.7 Å². The van der Waals surface area contributed by atoms with E-state index in [0.29, 0.717) is 22.0 Å². The molecule has 2 rings (SSSR count). The van der Waals surface area contributed by atoms with Gasteiger partial charge in [0, 0.05) is 10.7 Å². The lowest BCUT2D eigenvalue weighted by Crippen LogP contribution is -2.20. The zero-order valence-electron chi connectivity index (χ0n) is 11.4. The standard InChI is InChI=1S/C16H13ClN2O2/c1-11-7-13(17)5-6-15(11)21-10-16(20)19-14-4-2-3-12(8-14)9-18/h2-8H,10H2,1H3,(H,19,20). The summed E-state index contributed by atoms with van der Waals surface area (Å²) in [7, 11) is 0. The first kappa shape index (κ1) is 14.9. The van der Waals surface area contributed by atoms with Gasteiger partial charge >= 0.3 is 0 Å². The topological polar surface area (TPSA) is 62.1 Å². The summed E-state index contributed by atoms with van der Waals surface area (Å²) in [6.45, 7) is 1.74. The number of nitrogens with one attached hydrogen (secondary N) is 1. The number of aryl methyl sites for hydroxylation is 1. The zero-order chi connectivity index (χ0) is 15.2. The molecule has 0 unspecified atom stereocenters. The normalized spacial score (nSPS) is 9.76. The molecule has 0 fully saturated rings. The molecule has 2 aromatic carbocycles. The van der Waals surface area contributed by atoms with Gasteiger partial charge in [-0.05, 0) is 48.9 Å². The molecular formula is C16H13ClN2O2. The molecule has 0 saturated heterocycles. The van der Waals surface area contributed by atoms with Crippen LogP contribution in [0.4, 0.5) is 5.69 Å². The van der Waals surface area contributed by atoms with Crippen LogP contribution >= 0.6 is 11.6 Å². The van der Waals surface area contributed by atoms with E-state index >= 15 is 0 Å². The first-order chi connectivity index (χ1) is 10.1. The Morgan fingerprint density at radius 1 is 1.33 bits per heavy atom. The molecule has 2 aromatic rings.